The van der Waals surface area contributed by atoms with Gasteiger partial charge in [0.15, 0.2) is 11.6 Å². The Kier molecular flexibility index (Phi) is 4.97. The molecule has 1 aliphatic heterocycles. The van der Waals surface area contributed by atoms with Gasteiger partial charge in [-0.25, -0.2) is 9.97 Å². The second-order valence-electron chi connectivity index (χ2n) is 6.87. The zero-order valence-corrected chi connectivity index (χ0v) is 15.1. The number of hydrogen-bond acceptors (Lipinski definition) is 5. The smallest absolute Gasteiger partial charge is 0.195 e. The molecule has 1 fully saturated rings. The highest BCUT2D eigenvalue weighted by Crippen LogP contribution is 2.21. The maximum atomic E-state index is 5.32. The molecule has 0 unspecified atom stereocenters. The summed E-state index contributed by atoms with van der Waals surface area (Å²) in [4.78, 5) is 11.3. The summed E-state index contributed by atoms with van der Waals surface area (Å²) in [6.07, 6.45) is 7.69. The average molecular weight is 348 g/mol. The first-order valence-electron chi connectivity index (χ1n) is 9.18. The lowest BCUT2D eigenvalue weighted by molar-refractivity contribution is 0.413. The zero-order valence-electron chi connectivity index (χ0n) is 15.1. The standard InChI is InChI=1S/C21H24N4O/c1-16-4-2-5-19(12-16)25-9-7-18(8-10-25)22-13-17-14-23-21(24-15-17)20-6-3-11-26-20/h2-6,11-12,14-15,18,22H,7-10,13H2,1H3. The van der Waals surface area contributed by atoms with Crippen molar-refractivity contribution in [1.82, 2.24) is 15.3 Å². The van der Waals surface area contributed by atoms with Crippen LogP contribution in [0.5, 0.6) is 0 Å². The minimum atomic E-state index is 0.542. The molecule has 134 valence electrons. The second kappa shape index (κ2) is 7.70. The molecule has 2 aromatic heterocycles. The molecular formula is C21H24N4O. The predicted octanol–water partition coefficient (Wildman–Crippen LogP) is 3.80. The highest BCUT2D eigenvalue weighted by Gasteiger charge is 2.19. The van der Waals surface area contributed by atoms with E-state index < -0.39 is 0 Å². The van der Waals surface area contributed by atoms with Crippen LogP contribution in [-0.2, 0) is 6.54 Å². The summed E-state index contributed by atoms with van der Waals surface area (Å²) in [5.41, 5.74) is 3.76. The van der Waals surface area contributed by atoms with Crippen molar-refractivity contribution >= 4 is 5.69 Å². The van der Waals surface area contributed by atoms with Crippen LogP contribution in [0.15, 0.2) is 59.5 Å². The van der Waals surface area contributed by atoms with E-state index in [1.807, 2.05) is 24.5 Å². The quantitative estimate of drug-likeness (QED) is 0.760. The number of aryl methyl sites for hydroxylation is 1. The fourth-order valence-corrected chi connectivity index (χ4v) is 3.41. The maximum absolute atomic E-state index is 5.32. The van der Waals surface area contributed by atoms with Crippen molar-refractivity contribution in [2.75, 3.05) is 18.0 Å². The van der Waals surface area contributed by atoms with Crippen LogP contribution in [0.3, 0.4) is 0 Å². The first-order chi connectivity index (χ1) is 12.8. The molecule has 5 heteroatoms. The molecule has 5 nitrogen and oxygen atoms in total. The fraction of sp³-hybridized carbons (Fsp3) is 0.333. The molecule has 1 aromatic carbocycles. The number of nitrogens with zero attached hydrogens (tertiary/aromatic N) is 3. The third-order valence-electron chi connectivity index (χ3n) is 4.90. The van der Waals surface area contributed by atoms with Crippen LogP contribution in [0.4, 0.5) is 5.69 Å². The van der Waals surface area contributed by atoms with Crippen molar-refractivity contribution in [3.05, 3.63) is 66.2 Å². The van der Waals surface area contributed by atoms with Crippen molar-refractivity contribution in [3.8, 4) is 11.6 Å². The van der Waals surface area contributed by atoms with Gasteiger partial charge in [-0.3, -0.25) is 0 Å². The minimum absolute atomic E-state index is 0.542. The van der Waals surface area contributed by atoms with Gasteiger partial charge in [-0.2, -0.15) is 0 Å². The van der Waals surface area contributed by atoms with Crippen LogP contribution >= 0.6 is 0 Å². The lowest BCUT2D eigenvalue weighted by Gasteiger charge is -2.34. The van der Waals surface area contributed by atoms with Gasteiger partial charge < -0.3 is 14.6 Å². The largest absolute Gasteiger partial charge is 0.461 e. The van der Waals surface area contributed by atoms with Gasteiger partial charge in [-0.1, -0.05) is 12.1 Å². The van der Waals surface area contributed by atoms with Gasteiger partial charge in [-0.05, 0) is 49.6 Å². The van der Waals surface area contributed by atoms with Crippen LogP contribution in [0.25, 0.3) is 11.6 Å². The molecule has 3 aromatic rings. The Morgan fingerprint density at radius 1 is 1.12 bits per heavy atom. The normalized spacial score (nSPS) is 15.3. The molecule has 0 radical (unpaired) electrons. The van der Waals surface area contributed by atoms with E-state index in [9.17, 15) is 0 Å². The van der Waals surface area contributed by atoms with Crippen molar-refractivity contribution in [1.29, 1.82) is 0 Å². The summed E-state index contributed by atoms with van der Waals surface area (Å²) in [7, 11) is 0. The summed E-state index contributed by atoms with van der Waals surface area (Å²) < 4.78 is 5.32. The number of piperidine rings is 1. The minimum Gasteiger partial charge on any atom is -0.461 e. The van der Waals surface area contributed by atoms with Gasteiger partial charge >= 0.3 is 0 Å². The summed E-state index contributed by atoms with van der Waals surface area (Å²) >= 11 is 0. The number of aromatic nitrogens is 2. The number of furan rings is 1. The van der Waals surface area contributed by atoms with Crippen LogP contribution in [0, 0.1) is 6.92 Å². The van der Waals surface area contributed by atoms with Gasteiger partial charge in [0.1, 0.15) is 0 Å². The molecule has 1 aliphatic rings. The van der Waals surface area contributed by atoms with E-state index in [-0.39, 0.29) is 0 Å². The average Bonchev–Trinajstić information content (AvgIpc) is 3.22. The monoisotopic (exact) mass is 348 g/mol. The molecule has 0 saturated carbocycles. The number of benzene rings is 1. The Bertz CT molecular complexity index is 821. The van der Waals surface area contributed by atoms with E-state index in [1.165, 1.54) is 11.3 Å². The number of hydrogen-bond donors (Lipinski definition) is 1. The Labute approximate surface area is 154 Å². The van der Waals surface area contributed by atoms with Crippen molar-refractivity contribution in [2.45, 2.75) is 32.4 Å². The van der Waals surface area contributed by atoms with Gasteiger partial charge in [0.2, 0.25) is 0 Å². The van der Waals surface area contributed by atoms with E-state index in [4.69, 9.17) is 4.42 Å². The van der Waals surface area contributed by atoms with Crippen LogP contribution in [-0.4, -0.2) is 29.1 Å². The van der Waals surface area contributed by atoms with Gasteiger partial charge in [0.25, 0.3) is 0 Å². The predicted molar refractivity (Wildman–Crippen MR) is 103 cm³/mol. The molecule has 4 rings (SSSR count). The molecule has 0 bridgehead atoms. The summed E-state index contributed by atoms with van der Waals surface area (Å²) in [5, 5.41) is 3.65. The molecule has 0 spiro atoms. The Hall–Kier alpha value is -2.66. The molecule has 0 atom stereocenters. The molecule has 0 aliphatic carbocycles. The second-order valence-corrected chi connectivity index (χ2v) is 6.87. The van der Waals surface area contributed by atoms with Crippen molar-refractivity contribution in [2.24, 2.45) is 0 Å². The molecule has 0 amide bonds. The third kappa shape index (κ3) is 3.94. The van der Waals surface area contributed by atoms with Crippen molar-refractivity contribution in [3.63, 3.8) is 0 Å². The number of anilines is 1. The topological polar surface area (TPSA) is 54.2 Å². The number of rotatable bonds is 5. The highest BCUT2D eigenvalue weighted by atomic mass is 16.3. The van der Waals surface area contributed by atoms with Gasteiger partial charge in [-0.15, -0.1) is 0 Å². The van der Waals surface area contributed by atoms with Gasteiger partial charge in [0, 0.05) is 49.3 Å². The van der Waals surface area contributed by atoms with E-state index in [2.05, 4.69) is 51.4 Å². The maximum Gasteiger partial charge on any atom is 0.195 e. The van der Waals surface area contributed by atoms with E-state index in [0.29, 0.717) is 17.6 Å². The third-order valence-corrected chi connectivity index (χ3v) is 4.90. The van der Waals surface area contributed by atoms with Crippen LogP contribution in [0.1, 0.15) is 24.0 Å². The van der Waals surface area contributed by atoms with Crippen molar-refractivity contribution < 1.29 is 4.42 Å². The van der Waals surface area contributed by atoms with Crippen LogP contribution in [0.2, 0.25) is 0 Å². The first-order valence-corrected chi connectivity index (χ1v) is 9.18. The SMILES string of the molecule is Cc1cccc(N2CCC(NCc3cnc(-c4ccco4)nc3)CC2)c1. The Morgan fingerprint density at radius 3 is 2.62 bits per heavy atom. The molecular weight excluding hydrogens is 324 g/mol. The molecule has 1 saturated heterocycles. The fourth-order valence-electron chi connectivity index (χ4n) is 3.41. The molecule has 26 heavy (non-hydrogen) atoms. The zero-order chi connectivity index (χ0) is 17.8. The van der Waals surface area contributed by atoms with E-state index in [0.717, 1.165) is 38.0 Å². The first kappa shape index (κ1) is 16.8. The Morgan fingerprint density at radius 2 is 1.92 bits per heavy atom. The summed E-state index contributed by atoms with van der Waals surface area (Å²) in [5.74, 6) is 1.33. The summed E-state index contributed by atoms with van der Waals surface area (Å²) in [6, 6.07) is 13.0. The summed E-state index contributed by atoms with van der Waals surface area (Å²) in [6.45, 7) is 5.13. The van der Waals surface area contributed by atoms with Crippen LogP contribution < -0.4 is 10.2 Å². The lowest BCUT2D eigenvalue weighted by atomic mass is 10.0. The number of nitrogens with one attached hydrogen (secondary N) is 1. The van der Waals surface area contributed by atoms with E-state index in [1.54, 1.807) is 6.26 Å². The molecule has 1 N–H and O–H groups in total. The van der Waals surface area contributed by atoms with E-state index >= 15 is 0 Å². The molecule has 3 heterocycles. The highest BCUT2D eigenvalue weighted by molar-refractivity contribution is 5.48. The Balaban J connectivity index is 1.27. The van der Waals surface area contributed by atoms with Gasteiger partial charge in [0.05, 0.1) is 6.26 Å². The lowest BCUT2D eigenvalue weighted by Crippen LogP contribution is -2.42.